The van der Waals surface area contributed by atoms with Gasteiger partial charge in [-0.3, -0.25) is 0 Å². The van der Waals surface area contributed by atoms with Crippen molar-refractivity contribution in [2.24, 2.45) is 26.4 Å². The molecule has 2 aromatic carbocycles. The number of hydrogen-bond donors (Lipinski definition) is 0. The van der Waals surface area contributed by atoms with Crippen molar-refractivity contribution in [1.82, 2.24) is 0 Å². The molecule has 0 bridgehead atoms. The van der Waals surface area contributed by atoms with E-state index in [1.54, 1.807) is 0 Å². The number of rotatable bonds is 9. The van der Waals surface area contributed by atoms with Crippen molar-refractivity contribution in [2.75, 3.05) is 0 Å². The van der Waals surface area contributed by atoms with Crippen LogP contribution in [-0.2, 0) is 19.3 Å². The van der Waals surface area contributed by atoms with Gasteiger partial charge in [-0.15, -0.1) is 0 Å². The van der Waals surface area contributed by atoms with E-state index in [9.17, 15) is 0 Å². The number of nitrogens with zero attached hydrogens (tertiary/aromatic N) is 2. The molecular formula is C32H46Cl2N2. The summed E-state index contributed by atoms with van der Waals surface area (Å²) in [5.74, 6) is 0. The van der Waals surface area contributed by atoms with Gasteiger partial charge in [0.25, 0.3) is 0 Å². The Morgan fingerprint density at radius 1 is 0.583 bits per heavy atom. The molecule has 0 fully saturated rings. The highest BCUT2D eigenvalue weighted by molar-refractivity contribution is 6.31. The van der Waals surface area contributed by atoms with E-state index in [4.69, 9.17) is 23.2 Å². The fraction of sp³-hybridized carbons (Fsp3) is 0.562. The molecule has 2 nitrogen and oxygen atoms in total. The standard InChI is InChI=1S/C32H46Cl2N2/c1-30(2,3)15-12-23-18-27(33)11-10-26(23)21-35-36-22-29-24(13-16-31(4,5)6)19-28(34)20-25(29)14-17-32(7,8)9/h10-11,18-22H,12-17H2,1-9H3/b35-21+,36-22+. The van der Waals surface area contributed by atoms with Crippen LogP contribution < -0.4 is 0 Å². The second-order valence-electron chi connectivity index (χ2n) is 13.7. The van der Waals surface area contributed by atoms with E-state index in [1.165, 1.54) is 16.7 Å². The fourth-order valence-corrected chi connectivity index (χ4v) is 4.41. The largest absolute Gasteiger partial charge is 0.159 e. The van der Waals surface area contributed by atoms with Crippen LogP contribution >= 0.6 is 23.2 Å². The zero-order chi connectivity index (χ0) is 27.1. The first-order valence-electron chi connectivity index (χ1n) is 13.2. The number of halogens is 2. The molecule has 2 aromatic rings. The molecule has 198 valence electrons. The number of hydrogen-bond acceptors (Lipinski definition) is 2. The molecule has 0 N–H and O–H groups in total. The van der Waals surface area contributed by atoms with E-state index >= 15 is 0 Å². The van der Waals surface area contributed by atoms with Crippen LogP contribution in [0.15, 0.2) is 40.5 Å². The number of benzene rings is 2. The highest BCUT2D eigenvalue weighted by atomic mass is 35.5. The summed E-state index contributed by atoms with van der Waals surface area (Å²) < 4.78 is 0. The van der Waals surface area contributed by atoms with Gasteiger partial charge < -0.3 is 0 Å². The van der Waals surface area contributed by atoms with Gasteiger partial charge in [0.05, 0.1) is 12.4 Å². The topological polar surface area (TPSA) is 24.7 Å². The van der Waals surface area contributed by atoms with Gasteiger partial charge in [-0.1, -0.05) is 91.6 Å². The van der Waals surface area contributed by atoms with Gasteiger partial charge in [-0.2, -0.15) is 10.2 Å². The molecule has 0 aromatic heterocycles. The predicted molar refractivity (Wildman–Crippen MR) is 161 cm³/mol. The monoisotopic (exact) mass is 528 g/mol. The van der Waals surface area contributed by atoms with Crippen molar-refractivity contribution in [3.63, 3.8) is 0 Å². The highest BCUT2D eigenvalue weighted by Crippen LogP contribution is 2.29. The van der Waals surface area contributed by atoms with E-state index in [2.05, 4.69) is 84.6 Å². The van der Waals surface area contributed by atoms with Crippen molar-refractivity contribution in [2.45, 2.75) is 101 Å². The summed E-state index contributed by atoms with van der Waals surface area (Å²) in [7, 11) is 0. The smallest absolute Gasteiger partial charge is 0.0573 e. The quantitative estimate of drug-likeness (QED) is 0.228. The minimum absolute atomic E-state index is 0.249. The lowest BCUT2D eigenvalue weighted by Gasteiger charge is -2.21. The third-order valence-electron chi connectivity index (χ3n) is 6.30. The Morgan fingerprint density at radius 3 is 1.47 bits per heavy atom. The fourth-order valence-electron chi connectivity index (χ4n) is 3.95. The summed E-state index contributed by atoms with van der Waals surface area (Å²) in [6.07, 6.45) is 9.91. The molecule has 0 heterocycles. The molecule has 0 unspecified atom stereocenters. The first kappa shape index (κ1) is 30.6. The van der Waals surface area contributed by atoms with Crippen molar-refractivity contribution in [1.29, 1.82) is 0 Å². The Hall–Kier alpha value is -1.64. The first-order chi connectivity index (χ1) is 16.5. The minimum Gasteiger partial charge on any atom is -0.159 e. The van der Waals surface area contributed by atoms with Crippen LogP contribution in [0.4, 0.5) is 0 Å². The summed E-state index contributed by atoms with van der Waals surface area (Å²) in [6.45, 7) is 20.4. The van der Waals surface area contributed by atoms with E-state index in [0.29, 0.717) is 0 Å². The van der Waals surface area contributed by atoms with Crippen molar-refractivity contribution >= 4 is 35.6 Å². The van der Waals surface area contributed by atoms with Gasteiger partial charge >= 0.3 is 0 Å². The average Bonchev–Trinajstić information content (AvgIpc) is 2.72. The minimum atomic E-state index is 0.249. The molecule has 0 radical (unpaired) electrons. The molecule has 0 aliphatic carbocycles. The van der Waals surface area contributed by atoms with Crippen LogP contribution in [0.3, 0.4) is 0 Å². The number of aryl methyl sites for hydroxylation is 3. The van der Waals surface area contributed by atoms with Crippen LogP contribution in [0.5, 0.6) is 0 Å². The molecule has 36 heavy (non-hydrogen) atoms. The molecule has 2 rings (SSSR count). The van der Waals surface area contributed by atoms with Gasteiger partial charge in [0, 0.05) is 15.6 Å². The van der Waals surface area contributed by atoms with Crippen molar-refractivity contribution in [3.8, 4) is 0 Å². The van der Waals surface area contributed by atoms with Crippen LogP contribution in [0.2, 0.25) is 10.0 Å². The Balaban J connectivity index is 2.36. The zero-order valence-corrected chi connectivity index (χ0v) is 25.4. The summed E-state index contributed by atoms with van der Waals surface area (Å²) in [5, 5.41) is 10.5. The molecule has 0 spiro atoms. The highest BCUT2D eigenvalue weighted by Gasteiger charge is 2.17. The molecule has 0 aliphatic rings. The SMILES string of the molecule is CC(C)(C)CCc1cc(Cl)ccc1/C=N/N=C/c1c(CCC(C)(C)C)cc(Cl)cc1CCC(C)(C)C. The first-order valence-corrected chi connectivity index (χ1v) is 13.9. The average molecular weight is 530 g/mol. The van der Waals surface area contributed by atoms with Gasteiger partial charge in [0.1, 0.15) is 0 Å². The molecule has 0 saturated carbocycles. The lowest BCUT2D eigenvalue weighted by molar-refractivity contribution is 0.376. The predicted octanol–water partition coefficient (Wildman–Crippen LogP) is 10.4. The Labute approximate surface area is 230 Å². The second kappa shape index (κ2) is 12.7. The van der Waals surface area contributed by atoms with Gasteiger partial charge in [-0.05, 0) is 101 Å². The van der Waals surface area contributed by atoms with E-state index in [-0.39, 0.29) is 16.2 Å². The lowest BCUT2D eigenvalue weighted by atomic mass is 9.84. The van der Waals surface area contributed by atoms with Gasteiger partial charge in [0.2, 0.25) is 0 Å². The summed E-state index contributed by atoms with van der Waals surface area (Å²) >= 11 is 12.9. The Kier molecular flexibility index (Phi) is 10.8. The Morgan fingerprint density at radius 2 is 1.00 bits per heavy atom. The van der Waals surface area contributed by atoms with E-state index < -0.39 is 0 Å². The molecular weight excluding hydrogens is 483 g/mol. The third kappa shape index (κ3) is 11.6. The van der Waals surface area contributed by atoms with Crippen LogP contribution in [-0.4, -0.2) is 12.4 Å². The lowest BCUT2D eigenvalue weighted by Crippen LogP contribution is -2.11. The summed E-state index contributed by atoms with van der Waals surface area (Å²) in [5.41, 5.74) is 6.69. The van der Waals surface area contributed by atoms with Crippen LogP contribution in [0.1, 0.15) is 109 Å². The second-order valence-corrected chi connectivity index (χ2v) is 14.5. The van der Waals surface area contributed by atoms with E-state index in [0.717, 1.165) is 59.7 Å². The maximum absolute atomic E-state index is 6.57. The maximum Gasteiger partial charge on any atom is 0.0573 e. The van der Waals surface area contributed by atoms with Crippen molar-refractivity contribution < 1.29 is 0 Å². The zero-order valence-electron chi connectivity index (χ0n) is 23.9. The normalized spacial score (nSPS) is 13.3. The van der Waals surface area contributed by atoms with Gasteiger partial charge in [-0.25, -0.2) is 0 Å². The molecule has 0 aliphatic heterocycles. The molecule has 0 atom stereocenters. The van der Waals surface area contributed by atoms with Crippen LogP contribution in [0.25, 0.3) is 0 Å². The van der Waals surface area contributed by atoms with Crippen LogP contribution in [0, 0.1) is 16.2 Å². The maximum atomic E-state index is 6.57. The third-order valence-corrected chi connectivity index (χ3v) is 6.76. The molecule has 4 heteroatoms. The summed E-state index contributed by atoms with van der Waals surface area (Å²) in [4.78, 5) is 0. The van der Waals surface area contributed by atoms with E-state index in [1.807, 2.05) is 30.6 Å². The summed E-state index contributed by atoms with van der Waals surface area (Å²) in [6, 6.07) is 10.2. The molecule has 0 amide bonds. The Bertz CT molecular complexity index is 1020. The van der Waals surface area contributed by atoms with Crippen molar-refractivity contribution in [3.05, 3.63) is 68.2 Å². The van der Waals surface area contributed by atoms with Gasteiger partial charge in [0.15, 0.2) is 0 Å². The molecule has 0 saturated heterocycles.